The van der Waals surface area contributed by atoms with Gasteiger partial charge in [-0.05, 0) is 31.0 Å². The molecule has 0 spiro atoms. The van der Waals surface area contributed by atoms with Crippen molar-refractivity contribution in [2.45, 2.75) is 25.6 Å². The molecule has 0 unspecified atom stereocenters. The number of anilines is 1. The number of nitrogens with zero attached hydrogens (tertiary/aromatic N) is 1. The zero-order valence-corrected chi connectivity index (χ0v) is 10.6. The number of hydrogen-bond acceptors (Lipinski definition) is 2. The molecule has 0 aliphatic carbocycles. The molecule has 1 aliphatic heterocycles. The zero-order valence-electron chi connectivity index (χ0n) is 10.6. The van der Waals surface area contributed by atoms with Crippen LogP contribution in [0, 0.1) is 12.7 Å². The average Bonchev–Trinajstić information content (AvgIpc) is 2.67. The molecule has 0 radical (unpaired) electrons. The maximum Gasteiger partial charge on any atom is 0.401 e. The van der Waals surface area contributed by atoms with Crippen LogP contribution in [0.25, 0.3) is 0 Å². The van der Waals surface area contributed by atoms with Crippen LogP contribution in [0.1, 0.15) is 12.0 Å². The first-order valence-corrected chi connectivity index (χ1v) is 6.15. The van der Waals surface area contributed by atoms with Gasteiger partial charge in [0, 0.05) is 19.1 Å². The van der Waals surface area contributed by atoms with Gasteiger partial charge in [-0.2, -0.15) is 13.2 Å². The van der Waals surface area contributed by atoms with E-state index in [0.717, 1.165) is 5.56 Å². The fourth-order valence-corrected chi connectivity index (χ4v) is 2.30. The molecule has 1 atom stereocenters. The molecule has 19 heavy (non-hydrogen) atoms. The van der Waals surface area contributed by atoms with Crippen molar-refractivity contribution in [1.82, 2.24) is 4.90 Å². The Morgan fingerprint density at radius 3 is 2.74 bits per heavy atom. The smallest absolute Gasteiger partial charge is 0.379 e. The van der Waals surface area contributed by atoms with E-state index >= 15 is 0 Å². The zero-order chi connectivity index (χ0) is 14.0. The fourth-order valence-electron chi connectivity index (χ4n) is 2.30. The van der Waals surface area contributed by atoms with E-state index < -0.39 is 12.7 Å². The number of alkyl halides is 3. The minimum atomic E-state index is -4.18. The van der Waals surface area contributed by atoms with Crippen LogP contribution in [-0.4, -0.2) is 36.8 Å². The number of benzene rings is 1. The van der Waals surface area contributed by atoms with Crippen molar-refractivity contribution in [3.05, 3.63) is 29.6 Å². The summed E-state index contributed by atoms with van der Waals surface area (Å²) in [6.45, 7) is 1.55. The number of hydrogen-bond donors (Lipinski definition) is 1. The van der Waals surface area contributed by atoms with E-state index in [9.17, 15) is 17.6 Å². The van der Waals surface area contributed by atoms with Gasteiger partial charge in [-0.15, -0.1) is 0 Å². The lowest BCUT2D eigenvalue weighted by molar-refractivity contribution is -0.143. The molecule has 1 fully saturated rings. The Hall–Kier alpha value is -1.30. The van der Waals surface area contributed by atoms with Crippen LogP contribution in [0.3, 0.4) is 0 Å². The van der Waals surface area contributed by atoms with Gasteiger partial charge in [0.05, 0.1) is 12.2 Å². The third-order valence-corrected chi connectivity index (χ3v) is 3.16. The summed E-state index contributed by atoms with van der Waals surface area (Å²) in [6.07, 6.45) is -3.59. The Labute approximate surface area is 109 Å². The molecular formula is C13H16F4N2. The topological polar surface area (TPSA) is 15.3 Å². The predicted molar refractivity (Wildman–Crippen MR) is 65.7 cm³/mol. The van der Waals surface area contributed by atoms with Gasteiger partial charge in [-0.1, -0.05) is 6.07 Å². The Balaban J connectivity index is 1.91. The molecule has 6 heteroatoms. The van der Waals surface area contributed by atoms with Crippen LogP contribution in [0.2, 0.25) is 0 Å². The van der Waals surface area contributed by atoms with Crippen molar-refractivity contribution >= 4 is 5.69 Å². The maximum atomic E-state index is 13.6. The van der Waals surface area contributed by atoms with Gasteiger partial charge < -0.3 is 5.32 Å². The minimum absolute atomic E-state index is 0.139. The highest BCUT2D eigenvalue weighted by atomic mass is 19.4. The monoisotopic (exact) mass is 276 g/mol. The van der Waals surface area contributed by atoms with Crippen molar-refractivity contribution < 1.29 is 17.6 Å². The molecule has 0 amide bonds. The molecule has 1 aromatic carbocycles. The first-order valence-electron chi connectivity index (χ1n) is 6.15. The van der Waals surface area contributed by atoms with E-state index in [1.807, 2.05) is 0 Å². The van der Waals surface area contributed by atoms with E-state index in [-0.39, 0.29) is 18.4 Å². The molecule has 0 saturated carbocycles. The molecule has 1 aliphatic rings. The highest BCUT2D eigenvalue weighted by Gasteiger charge is 2.34. The van der Waals surface area contributed by atoms with Gasteiger partial charge in [0.25, 0.3) is 0 Å². The van der Waals surface area contributed by atoms with Gasteiger partial charge in [0.1, 0.15) is 5.82 Å². The van der Waals surface area contributed by atoms with E-state index in [1.165, 1.54) is 11.0 Å². The van der Waals surface area contributed by atoms with Crippen molar-refractivity contribution in [3.8, 4) is 0 Å². The number of aryl methyl sites for hydroxylation is 1. The first-order chi connectivity index (χ1) is 8.83. The molecular weight excluding hydrogens is 260 g/mol. The summed E-state index contributed by atoms with van der Waals surface area (Å²) in [5, 5.41) is 2.97. The van der Waals surface area contributed by atoms with Crippen molar-refractivity contribution in [3.63, 3.8) is 0 Å². The normalized spacial score (nSPS) is 20.8. The fraction of sp³-hybridized carbons (Fsp3) is 0.538. The molecule has 1 heterocycles. The average molecular weight is 276 g/mol. The third-order valence-electron chi connectivity index (χ3n) is 3.16. The van der Waals surface area contributed by atoms with E-state index in [4.69, 9.17) is 0 Å². The maximum absolute atomic E-state index is 13.6. The molecule has 2 nitrogen and oxygen atoms in total. The minimum Gasteiger partial charge on any atom is -0.379 e. The van der Waals surface area contributed by atoms with Gasteiger partial charge in [0.15, 0.2) is 0 Å². The number of halogens is 4. The number of likely N-dealkylation sites (tertiary alicyclic amines) is 1. The van der Waals surface area contributed by atoms with Crippen molar-refractivity contribution in [2.24, 2.45) is 0 Å². The lowest BCUT2D eigenvalue weighted by Gasteiger charge is -2.19. The lowest BCUT2D eigenvalue weighted by atomic mass is 10.2. The highest BCUT2D eigenvalue weighted by molar-refractivity contribution is 5.47. The number of rotatable bonds is 3. The molecule has 1 saturated heterocycles. The Bertz CT molecular complexity index is 445. The van der Waals surface area contributed by atoms with Gasteiger partial charge in [-0.25, -0.2) is 4.39 Å². The Kier molecular flexibility index (Phi) is 3.99. The van der Waals surface area contributed by atoms with Gasteiger partial charge >= 0.3 is 6.18 Å². The Morgan fingerprint density at radius 1 is 1.37 bits per heavy atom. The van der Waals surface area contributed by atoms with Crippen LogP contribution in [0.15, 0.2) is 18.2 Å². The summed E-state index contributed by atoms with van der Waals surface area (Å²) in [5.74, 6) is -0.366. The second-order valence-electron chi connectivity index (χ2n) is 4.96. The third kappa shape index (κ3) is 4.09. The van der Waals surface area contributed by atoms with Gasteiger partial charge in [0.2, 0.25) is 0 Å². The van der Waals surface area contributed by atoms with Crippen LogP contribution >= 0.6 is 0 Å². The SMILES string of the molecule is Cc1ccc(N[C@@H]2CCN(CC(F)(F)F)C2)c(F)c1. The Morgan fingerprint density at radius 2 is 2.11 bits per heavy atom. The summed E-state index contributed by atoms with van der Waals surface area (Å²) in [7, 11) is 0. The molecule has 0 bridgehead atoms. The molecule has 2 rings (SSSR count). The molecule has 106 valence electrons. The molecule has 1 N–H and O–H groups in total. The largest absolute Gasteiger partial charge is 0.401 e. The van der Waals surface area contributed by atoms with Crippen LogP contribution in [0.5, 0.6) is 0 Å². The summed E-state index contributed by atoms with van der Waals surface area (Å²) in [4.78, 5) is 1.34. The summed E-state index contributed by atoms with van der Waals surface area (Å²) in [5.41, 5.74) is 1.16. The second kappa shape index (κ2) is 5.36. The van der Waals surface area contributed by atoms with Crippen molar-refractivity contribution in [1.29, 1.82) is 0 Å². The molecule has 0 aromatic heterocycles. The van der Waals surface area contributed by atoms with Crippen molar-refractivity contribution in [2.75, 3.05) is 25.0 Å². The first kappa shape index (κ1) is 14.1. The quantitative estimate of drug-likeness (QED) is 0.853. The van der Waals surface area contributed by atoms with E-state index in [0.29, 0.717) is 18.7 Å². The second-order valence-corrected chi connectivity index (χ2v) is 4.96. The summed E-state index contributed by atoms with van der Waals surface area (Å²) >= 11 is 0. The standard InChI is InChI=1S/C13H16F4N2/c1-9-2-3-12(11(14)6-9)18-10-4-5-19(7-10)8-13(15,16)17/h2-3,6,10,18H,4-5,7-8H2,1H3/t10-/m1/s1. The molecule has 1 aromatic rings. The van der Waals surface area contributed by atoms with Crippen LogP contribution < -0.4 is 5.32 Å². The van der Waals surface area contributed by atoms with Crippen LogP contribution in [0.4, 0.5) is 23.2 Å². The number of nitrogens with one attached hydrogen (secondary N) is 1. The highest BCUT2D eigenvalue weighted by Crippen LogP contribution is 2.23. The summed E-state index contributed by atoms with van der Waals surface area (Å²) in [6, 6.07) is 4.66. The van der Waals surface area contributed by atoms with E-state index in [2.05, 4.69) is 5.32 Å². The predicted octanol–water partition coefficient (Wildman–Crippen LogP) is 3.18. The lowest BCUT2D eigenvalue weighted by Crippen LogP contribution is -2.34. The van der Waals surface area contributed by atoms with E-state index in [1.54, 1.807) is 19.1 Å². The summed E-state index contributed by atoms with van der Waals surface area (Å²) < 4.78 is 50.4. The van der Waals surface area contributed by atoms with Gasteiger partial charge in [-0.3, -0.25) is 4.90 Å². The van der Waals surface area contributed by atoms with Crippen LogP contribution in [-0.2, 0) is 0 Å².